The number of anilines is 1. The molecule has 1 aliphatic heterocycles. The second kappa shape index (κ2) is 6.90. The summed E-state index contributed by atoms with van der Waals surface area (Å²) in [6.07, 6.45) is 1.29. The molecule has 1 fully saturated rings. The van der Waals surface area contributed by atoms with Crippen molar-refractivity contribution in [1.29, 1.82) is 0 Å². The van der Waals surface area contributed by atoms with E-state index >= 15 is 0 Å². The topological polar surface area (TPSA) is 49.2 Å². The SMILES string of the molecule is C=C(NC)N1CCN(c2cc(-c3nc4ccccc4n3C)c(F)cn2)CC1. The van der Waals surface area contributed by atoms with Crippen LogP contribution < -0.4 is 10.2 Å². The van der Waals surface area contributed by atoms with Crippen LogP contribution in [0.4, 0.5) is 10.2 Å². The average Bonchev–Trinajstić information content (AvgIpc) is 3.04. The van der Waals surface area contributed by atoms with Crippen molar-refractivity contribution in [2.45, 2.75) is 0 Å². The molecule has 1 N–H and O–H groups in total. The number of nitrogens with one attached hydrogen (secondary N) is 1. The van der Waals surface area contributed by atoms with Crippen LogP contribution in [0.5, 0.6) is 0 Å². The minimum Gasteiger partial charge on any atom is -0.375 e. The standard InChI is InChI=1S/C20H23FN6/c1-14(22-2)26-8-10-27(11-9-26)19-12-15(16(21)13-23-19)20-24-17-6-4-5-7-18(17)25(20)3/h4-7,12-13,22H,1,8-11H2,2-3H3. The number of piperazine rings is 1. The number of aromatic nitrogens is 3. The summed E-state index contributed by atoms with van der Waals surface area (Å²) in [6.45, 7) is 7.32. The number of aryl methyl sites for hydroxylation is 1. The minimum atomic E-state index is -0.362. The lowest BCUT2D eigenvalue weighted by Crippen LogP contribution is -2.47. The molecule has 2 aromatic heterocycles. The van der Waals surface area contributed by atoms with Crippen molar-refractivity contribution in [3.63, 3.8) is 0 Å². The van der Waals surface area contributed by atoms with E-state index in [-0.39, 0.29) is 5.82 Å². The monoisotopic (exact) mass is 366 g/mol. The molecular weight excluding hydrogens is 343 g/mol. The van der Waals surface area contributed by atoms with Gasteiger partial charge in [-0.25, -0.2) is 14.4 Å². The van der Waals surface area contributed by atoms with Crippen molar-refractivity contribution in [1.82, 2.24) is 24.8 Å². The summed E-state index contributed by atoms with van der Waals surface area (Å²) in [5, 5.41) is 3.08. The molecule has 6 nitrogen and oxygen atoms in total. The Balaban J connectivity index is 1.64. The number of pyridine rings is 1. The van der Waals surface area contributed by atoms with Crippen LogP contribution in [-0.2, 0) is 7.05 Å². The van der Waals surface area contributed by atoms with Gasteiger partial charge in [-0.15, -0.1) is 0 Å². The van der Waals surface area contributed by atoms with Gasteiger partial charge in [-0.05, 0) is 18.2 Å². The third kappa shape index (κ3) is 3.09. The minimum absolute atomic E-state index is 0.362. The maximum Gasteiger partial charge on any atom is 0.152 e. The van der Waals surface area contributed by atoms with E-state index in [1.165, 1.54) is 6.20 Å². The molecule has 0 atom stereocenters. The van der Waals surface area contributed by atoms with Gasteiger partial charge in [0.15, 0.2) is 5.82 Å². The van der Waals surface area contributed by atoms with Crippen LogP contribution in [0.2, 0.25) is 0 Å². The Morgan fingerprint density at radius 2 is 1.93 bits per heavy atom. The lowest BCUT2D eigenvalue weighted by molar-refractivity contribution is 0.305. The highest BCUT2D eigenvalue weighted by molar-refractivity contribution is 5.81. The molecular formula is C20H23FN6. The van der Waals surface area contributed by atoms with Crippen molar-refractivity contribution in [3.8, 4) is 11.4 Å². The predicted octanol–water partition coefficient (Wildman–Crippen LogP) is 2.59. The molecule has 3 aromatic rings. The molecule has 1 aliphatic rings. The quantitative estimate of drug-likeness (QED) is 0.769. The van der Waals surface area contributed by atoms with Gasteiger partial charge in [0.25, 0.3) is 0 Å². The highest BCUT2D eigenvalue weighted by atomic mass is 19.1. The van der Waals surface area contributed by atoms with E-state index in [2.05, 4.69) is 31.7 Å². The molecule has 1 saturated heterocycles. The Bertz CT molecular complexity index is 987. The van der Waals surface area contributed by atoms with Gasteiger partial charge in [0.05, 0.1) is 28.6 Å². The largest absolute Gasteiger partial charge is 0.375 e. The average molecular weight is 366 g/mol. The third-order valence-electron chi connectivity index (χ3n) is 5.14. The summed E-state index contributed by atoms with van der Waals surface area (Å²) in [4.78, 5) is 13.3. The van der Waals surface area contributed by atoms with Gasteiger partial charge < -0.3 is 19.7 Å². The number of benzene rings is 1. The summed E-state index contributed by atoms with van der Waals surface area (Å²) >= 11 is 0. The number of rotatable bonds is 4. The number of para-hydroxylation sites is 2. The lowest BCUT2D eigenvalue weighted by Gasteiger charge is -2.37. The van der Waals surface area contributed by atoms with Gasteiger partial charge in [0.2, 0.25) is 0 Å². The first kappa shape index (κ1) is 17.3. The summed E-state index contributed by atoms with van der Waals surface area (Å²) < 4.78 is 16.5. The van der Waals surface area contributed by atoms with E-state index < -0.39 is 0 Å². The third-order valence-corrected chi connectivity index (χ3v) is 5.14. The van der Waals surface area contributed by atoms with Crippen molar-refractivity contribution in [2.75, 3.05) is 38.1 Å². The molecule has 0 bridgehead atoms. The van der Waals surface area contributed by atoms with Crippen LogP contribution in [-0.4, -0.2) is 52.7 Å². The van der Waals surface area contributed by atoms with E-state index in [4.69, 9.17) is 0 Å². The van der Waals surface area contributed by atoms with Crippen LogP contribution in [0.15, 0.2) is 48.9 Å². The van der Waals surface area contributed by atoms with E-state index in [1.54, 1.807) is 6.07 Å². The molecule has 0 unspecified atom stereocenters. The zero-order valence-electron chi connectivity index (χ0n) is 15.6. The number of halogens is 1. The van der Waals surface area contributed by atoms with Gasteiger partial charge in [-0.1, -0.05) is 18.7 Å². The van der Waals surface area contributed by atoms with Crippen LogP contribution in [0.25, 0.3) is 22.4 Å². The highest BCUT2D eigenvalue weighted by Gasteiger charge is 2.21. The van der Waals surface area contributed by atoms with Gasteiger partial charge in [0.1, 0.15) is 11.6 Å². The van der Waals surface area contributed by atoms with E-state index in [9.17, 15) is 4.39 Å². The van der Waals surface area contributed by atoms with Gasteiger partial charge in [-0.2, -0.15) is 0 Å². The Morgan fingerprint density at radius 3 is 2.63 bits per heavy atom. The smallest absolute Gasteiger partial charge is 0.152 e. The van der Waals surface area contributed by atoms with E-state index in [0.29, 0.717) is 11.4 Å². The zero-order valence-corrected chi connectivity index (χ0v) is 15.6. The fourth-order valence-corrected chi connectivity index (χ4v) is 3.52. The molecule has 27 heavy (non-hydrogen) atoms. The molecule has 0 amide bonds. The first-order chi connectivity index (χ1) is 13.1. The molecule has 1 aromatic carbocycles. The van der Waals surface area contributed by atoms with Crippen LogP contribution in [0.3, 0.4) is 0 Å². The van der Waals surface area contributed by atoms with Crippen LogP contribution in [0, 0.1) is 5.82 Å². The van der Waals surface area contributed by atoms with Crippen LogP contribution >= 0.6 is 0 Å². The second-order valence-corrected chi connectivity index (χ2v) is 6.68. The normalized spacial score (nSPS) is 14.6. The Hall–Kier alpha value is -3.09. The second-order valence-electron chi connectivity index (χ2n) is 6.68. The summed E-state index contributed by atoms with van der Waals surface area (Å²) in [5.41, 5.74) is 2.30. The summed E-state index contributed by atoms with van der Waals surface area (Å²) in [5.74, 6) is 1.94. The Morgan fingerprint density at radius 1 is 1.19 bits per heavy atom. The molecule has 140 valence electrons. The molecule has 3 heterocycles. The van der Waals surface area contributed by atoms with Gasteiger partial charge in [0, 0.05) is 40.3 Å². The van der Waals surface area contributed by atoms with Crippen molar-refractivity contribution < 1.29 is 4.39 Å². The number of imidazole rings is 1. The van der Waals surface area contributed by atoms with Crippen molar-refractivity contribution in [2.24, 2.45) is 7.05 Å². The fourth-order valence-electron chi connectivity index (χ4n) is 3.52. The van der Waals surface area contributed by atoms with Crippen LogP contribution in [0.1, 0.15) is 0 Å². The molecule has 0 radical (unpaired) electrons. The first-order valence-corrected chi connectivity index (χ1v) is 9.02. The predicted molar refractivity (Wildman–Crippen MR) is 106 cm³/mol. The fraction of sp³-hybridized carbons (Fsp3) is 0.300. The van der Waals surface area contributed by atoms with E-state index in [0.717, 1.165) is 48.9 Å². The highest BCUT2D eigenvalue weighted by Crippen LogP contribution is 2.28. The Kier molecular flexibility index (Phi) is 4.43. The van der Waals surface area contributed by atoms with E-state index in [1.807, 2.05) is 42.9 Å². The number of hydrogen-bond donors (Lipinski definition) is 1. The number of hydrogen-bond acceptors (Lipinski definition) is 5. The Labute approximate surface area is 157 Å². The molecule has 7 heteroatoms. The number of fused-ring (bicyclic) bond motifs is 1. The first-order valence-electron chi connectivity index (χ1n) is 9.02. The molecule has 4 rings (SSSR count). The molecule has 0 spiro atoms. The summed E-state index contributed by atoms with van der Waals surface area (Å²) in [7, 11) is 3.78. The summed E-state index contributed by atoms with van der Waals surface area (Å²) in [6, 6.07) is 9.62. The maximum atomic E-state index is 14.6. The number of nitrogens with zero attached hydrogens (tertiary/aromatic N) is 5. The molecule has 0 saturated carbocycles. The van der Waals surface area contributed by atoms with Gasteiger partial charge >= 0.3 is 0 Å². The lowest BCUT2D eigenvalue weighted by atomic mass is 10.2. The van der Waals surface area contributed by atoms with Crippen molar-refractivity contribution >= 4 is 16.9 Å². The molecule has 0 aliphatic carbocycles. The maximum absolute atomic E-state index is 14.6. The zero-order chi connectivity index (χ0) is 19.0. The van der Waals surface area contributed by atoms with Crippen molar-refractivity contribution in [3.05, 3.63) is 54.7 Å². The van der Waals surface area contributed by atoms with Gasteiger partial charge in [-0.3, -0.25) is 0 Å².